The predicted molar refractivity (Wildman–Crippen MR) is 107 cm³/mol. The van der Waals surface area contributed by atoms with E-state index in [2.05, 4.69) is 40.7 Å². The van der Waals surface area contributed by atoms with E-state index in [1.54, 1.807) is 0 Å². The Balaban J connectivity index is 0.00000242. The SMILES string of the molecule is CCCCCCCCCCCCn1cnc2ccccc21.I. The lowest BCUT2D eigenvalue weighted by molar-refractivity contribution is 0.538. The van der Waals surface area contributed by atoms with E-state index in [0.29, 0.717) is 0 Å². The number of aryl methyl sites for hydroxylation is 1. The van der Waals surface area contributed by atoms with E-state index >= 15 is 0 Å². The molecule has 0 radical (unpaired) electrons. The predicted octanol–water partition coefficient (Wildman–Crippen LogP) is 6.58. The molecule has 2 nitrogen and oxygen atoms in total. The standard InChI is InChI=1S/C19H30N2.HI/c1-2-3-4-5-6-7-8-9-10-13-16-21-17-20-18-14-11-12-15-19(18)21;/h11-12,14-15,17H,2-10,13,16H2,1H3;1H. The van der Waals surface area contributed by atoms with Gasteiger partial charge < -0.3 is 4.57 Å². The van der Waals surface area contributed by atoms with Gasteiger partial charge in [0.15, 0.2) is 0 Å². The van der Waals surface area contributed by atoms with Gasteiger partial charge in [-0.2, -0.15) is 0 Å². The van der Waals surface area contributed by atoms with E-state index in [4.69, 9.17) is 0 Å². The van der Waals surface area contributed by atoms with Crippen molar-refractivity contribution in [1.29, 1.82) is 0 Å². The zero-order chi connectivity index (χ0) is 14.8. The van der Waals surface area contributed by atoms with Crippen molar-refractivity contribution in [2.75, 3.05) is 0 Å². The molecule has 0 spiro atoms. The highest BCUT2D eigenvalue weighted by atomic mass is 127. The fourth-order valence-electron chi connectivity index (χ4n) is 2.96. The highest BCUT2D eigenvalue weighted by Gasteiger charge is 2.00. The number of aromatic nitrogens is 2. The maximum absolute atomic E-state index is 4.45. The van der Waals surface area contributed by atoms with E-state index in [-0.39, 0.29) is 24.0 Å². The molecule has 0 unspecified atom stereocenters. The number of rotatable bonds is 11. The van der Waals surface area contributed by atoms with Crippen molar-refractivity contribution in [1.82, 2.24) is 9.55 Å². The first kappa shape index (κ1) is 19.5. The normalized spacial score (nSPS) is 10.8. The number of fused-ring (bicyclic) bond motifs is 1. The van der Waals surface area contributed by atoms with Gasteiger partial charge in [-0.15, -0.1) is 24.0 Å². The van der Waals surface area contributed by atoms with Crippen LogP contribution in [0.5, 0.6) is 0 Å². The second-order valence-electron chi connectivity index (χ2n) is 6.11. The lowest BCUT2D eigenvalue weighted by Gasteiger charge is -2.05. The molecule has 1 aromatic heterocycles. The molecule has 0 N–H and O–H groups in total. The number of para-hydroxylation sites is 2. The van der Waals surface area contributed by atoms with E-state index in [9.17, 15) is 0 Å². The topological polar surface area (TPSA) is 17.8 Å². The summed E-state index contributed by atoms with van der Waals surface area (Å²) < 4.78 is 2.29. The number of imidazole rings is 1. The Morgan fingerprint density at radius 3 is 2.09 bits per heavy atom. The molecule has 1 heterocycles. The summed E-state index contributed by atoms with van der Waals surface area (Å²) in [5.41, 5.74) is 2.39. The average Bonchev–Trinajstić information content (AvgIpc) is 2.92. The van der Waals surface area contributed by atoms with Crippen LogP contribution < -0.4 is 0 Å². The van der Waals surface area contributed by atoms with Crippen LogP contribution in [0, 0.1) is 0 Å². The largest absolute Gasteiger partial charge is 0.331 e. The van der Waals surface area contributed by atoms with Gasteiger partial charge in [0.25, 0.3) is 0 Å². The van der Waals surface area contributed by atoms with Crippen molar-refractivity contribution < 1.29 is 0 Å². The summed E-state index contributed by atoms with van der Waals surface area (Å²) >= 11 is 0. The maximum atomic E-state index is 4.45. The zero-order valence-corrected chi connectivity index (χ0v) is 16.3. The first-order valence-electron chi connectivity index (χ1n) is 8.81. The molecule has 0 aliphatic heterocycles. The number of nitrogens with zero attached hydrogens (tertiary/aromatic N) is 2. The first-order chi connectivity index (χ1) is 10.4. The van der Waals surface area contributed by atoms with E-state index in [1.807, 2.05) is 6.33 Å². The van der Waals surface area contributed by atoms with Gasteiger partial charge in [0, 0.05) is 6.54 Å². The highest BCUT2D eigenvalue weighted by molar-refractivity contribution is 14.0. The van der Waals surface area contributed by atoms with Crippen molar-refractivity contribution in [3.8, 4) is 0 Å². The zero-order valence-electron chi connectivity index (χ0n) is 14.0. The first-order valence-corrected chi connectivity index (χ1v) is 8.81. The van der Waals surface area contributed by atoms with Crippen molar-refractivity contribution in [3.63, 3.8) is 0 Å². The Kier molecular flexibility index (Phi) is 10.5. The lowest BCUT2D eigenvalue weighted by Crippen LogP contribution is -1.95. The maximum Gasteiger partial charge on any atom is 0.0958 e. The van der Waals surface area contributed by atoms with Crippen molar-refractivity contribution >= 4 is 35.0 Å². The quantitative estimate of drug-likeness (QED) is 0.300. The Labute approximate surface area is 152 Å². The van der Waals surface area contributed by atoms with Gasteiger partial charge in [0.2, 0.25) is 0 Å². The average molecular weight is 414 g/mol. The van der Waals surface area contributed by atoms with Crippen LogP contribution in [-0.4, -0.2) is 9.55 Å². The van der Waals surface area contributed by atoms with E-state index in [0.717, 1.165) is 12.1 Å². The minimum Gasteiger partial charge on any atom is -0.331 e. The minimum absolute atomic E-state index is 0. The van der Waals surface area contributed by atoms with Crippen LogP contribution in [-0.2, 0) is 6.54 Å². The monoisotopic (exact) mass is 414 g/mol. The second kappa shape index (κ2) is 11.9. The fraction of sp³-hybridized carbons (Fsp3) is 0.632. The van der Waals surface area contributed by atoms with Gasteiger partial charge in [-0.3, -0.25) is 0 Å². The van der Waals surface area contributed by atoms with Crippen LogP contribution in [0.15, 0.2) is 30.6 Å². The summed E-state index contributed by atoms with van der Waals surface area (Å²) in [5.74, 6) is 0. The van der Waals surface area contributed by atoms with Gasteiger partial charge in [-0.05, 0) is 18.6 Å². The number of unbranched alkanes of at least 4 members (excludes halogenated alkanes) is 9. The molecule has 2 rings (SSSR count). The molecular weight excluding hydrogens is 383 g/mol. The third-order valence-corrected chi connectivity index (χ3v) is 4.28. The van der Waals surface area contributed by atoms with Crippen LogP contribution in [0.2, 0.25) is 0 Å². The molecule has 0 atom stereocenters. The summed E-state index contributed by atoms with van der Waals surface area (Å²) in [6.07, 6.45) is 15.9. The fourth-order valence-corrected chi connectivity index (χ4v) is 2.96. The molecular formula is C19H31IN2. The molecule has 2 aromatic rings. The highest BCUT2D eigenvalue weighted by Crippen LogP contribution is 2.14. The molecule has 22 heavy (non-hydrogen) atoms. The van der Waals surface area contributed by atoms with Crippen LogP contribution >= 0.6 is 24.0 Å². The molecule has 1 aromatic carbocycles. The number of hydrogen-bond acceptors (Lipinski definition) is 1. The second-order valence-corrected chi connectivity index (χ2v) is 6.11. The Morgan fingerprint density at radius 1 is 0.818 bits per heavy atom. The Bertz CT molecular complexity index is 507. The Morgan fingerprint density at radius 2 is 1.41 bits per heavy atom. The molecule has 0 bridgehead atoms. The summed E-state index contributed by atoms with van der Waals surface area (Å²) in [7, 11) is 0. The van der Waals surface area contributed by atoms with Crippen LogP contribution in [0.1, 0.15) is 71.1 Å². The van der Waals surface area contributed by atoms with Crippen LogP contribution in [0.4, 0.5) is 0 Å². The van der Waals surface area contributed by atoms with Crippen molar-refractivity contribution in [2.24, 2.45) is 0 Å². The van der Waals surface area contributed by atoms with Gasteiger partial charge in [-0.25, -0.2) is 4.98 Å². The summed E-state index contributed by atoms with van der Waals surface area (Å²) in [4.78, 5) is 4.45. The molecule has 124 valence electrons. The number of benzene rings is 1. The Hall–Kier alpha value is -0.580. The molecule has 0 fully saturated rings. The molecule has 0 aliphatic carbocycles. The number of halogens is 1. The van der Waals surface area contributed by atoms with Gasteiger partial charge in [0.05, 0.1) is 17.4 Å². The smallest absolute Gasteiger partial charge is 0.0958 e. The van der Waals surface area contributed by atoms with Gasteiger partial charge in [0.1, 0.15) is 0 Å². The van der Waals surface area contributed by atoms with Crippen molar-refractivity contribution in [3.05, 3.63) is 30.6 Å². The van der Waals surface area contributed by atoms with E-state index in [1.165, 1.54) is 69.7 Å². The van der Waals surface area contributed by atoms with Crippen molar-refractivity contribution in [2.45, 2.75) is 77.7 Å². The molecule has 0 aliphatic rings. The van der Waals surface area contributed by atoms with Crippen LogP contribution in [0.3, 0.4) is 0 Å². The molecule has 3 heteroatoms. The lowest BCUT2D eigenvalue weighted by atomic mass is 10.1. The summed E-state index contributed by atoms with van der Waals surface area (Å²) in [5, 5.41) is 0. The van der Waals surface area contributed by atoms with E-state index < -0.39 is 0 Å². The number of hydrogen-bond donors (Lipinski definition) is 0. The molecule has 0 saturated heterocycles. The van der Waals surface area contributed by atoms with Gasteiger partial charge in [-0.1, -0.05) is 76.8 Å². The minimum atomic E-state index is 0. The summed E-state index contributed by atoms with van der Waals surface area (Å²) in [6.45, 7) is 3.39. The molecule has 0 amide bonds. The molecule has 0 saturated carbocycles. The van der Waals surface area contributed by atoms with Crippen LogP contribution in [0.25, 0.3) is 11.0 Å². The summed E-state index contributed by atoms with van der Waals surface area (Å²) in [6, 6.07) is 8.41. The van der Waals surface area contributed by atoms with Gasteiger partial charge >= 0.3 is 0 Å². The third-order valence-electron chi connectivity index (χ3n) is 4.28. The third kappa shape index (κ3) is 6.67.